The number of rotatable bonds is 2. The maximum atomic E-state index is 12.0. The monoisotopic (exact) mass is 210 g/mol. The summed E-state index contributed by atoms with van der Waals surface area (Å²) >= 11 is 1.50. The Morgan fingerprint density at radius 1 is 1.71 bits per heavy atom. The molecule has 2 heterocycles. The van der Waals surface area contributed by atoms with E-state index in [9.17, 15) is 4.79 Å². The fourth-order valence-corrected chi connectivity index (χ4v) is 2.57. The number of hydrogen-bond donors (Lipinski definition) is 1. The van der Waals surface area contributed by atoms with Gasteiger partial charge in [-0.3, -0.25) is 4.79 Å². The fourth-order valence-electron chi connectivity index (χ4n) is 1.89. The second-order valence-electron chi connectivity index (χ2n) is 3.51. The molecule has 0 bridgehead atoms. The van der Waals surface area contributed by atoms with Gasteiger partial charge in [0.2, 0.25) is 0 Å². The number of amides is 1. The highest BCUT2D eigenvalue weighted by atomic mass is 32.1. The molecule has 4 heteroatoms. The van der Waals surface area contributed by atoms with Crippen LogP contribution in [-0.2, 0) is 0 Å². The molecular formula is C10H14N2OS. The fraction of sp³-hybridized carbons (Fsp3) is 0.500. The molecule has 2 N–H and O–H groups in total. The third-order valence-corrected chi connectivity index (χ3v) is 3.50. The molecular weight excluding hydrogens is 196 g/mol. The summed E-state index contributed by atoms with van der Waals surface area (Å²) in [5.74, 6) is 0.146. The van der Waals surface area contributed by atoms with Gasteiger partial charge in [0.25, 0.3) is 5.91 Å². The maximum Gasteiger partial charge on any atom is 0.264 e. The molecule has 0 spiro atoms. The van der Waals surface area contributed by atoms with Crippen LogP contribution in [0.5, 0.6) is 0 Å². The molecule has 1 fully saturated rings. The van der Waals surface area contributed by atoms with E-state index in [1.165, 1.54) is 11.3 Å². The van der Waals surface area contributed by atoms with Gasteiger partial charge in [-0.15, -0.1) is 11.3 Å². The van der Waals surface area contributed by atoms with Crippen molar-refractivity contribution in [2.75, 3.05) is 13.1 Å². The average molecular weight is 210 g/mol. The van der Waals surface area contributed by atoms with Crippen LogP contribution in [0.3, 0.4) is 0 Å². The molecule has 0 saturated carbocycles. The highest BCUT2D eigenvalue weighted by molar-refractivity contribution is 7.12. The predicted octanol–water partition coefficient (Wildman–Crippen LogP) is 1.31. The number of hydrogen-bond acceptors (Lipinski definition) is 3. The summed E-state index contributed by atoms with van der Waals surface area (Å²) in [4.78, 5) is 14.7. The van der Waals surface area contributed by atoms with Gasteiger partial charge in [-0.25, -0.2) is 0 Å². The number of carbonyl (C=O) groups is 1. The molecule has 1 amide bonds. The van der Waals surface area contributed by atoms with Gasteiger partial charge in [-0.2, -0.15) is 0 Å². The number of likely N-dealkylation sites (tertiary alicyclic amines) is 1. The summed E-state index contributed by atoms with van der Waals surface area (Å²) in [6.45, 7) is 1.44. The summed E-state index contributed by atoms with van der Waals surface area (Å²) in [6, 6.07) is 4.04. The van der Waals surface area contributed by atoms with Gasteiger partial charge in [0, 0.05) is 19.1 Å². The van der Waals surface area contributed by atoms with Crippen molar-refractivity contribution in [1.82, 2.24) is 4.90 Å². The lowest BCUT2D eigenvalue weighted by Gasteiger charge is -2.22. The predicted molar refractivity (Wildman–Crippen MR) is 57.4 cm³/mol. The van der Waals surface area contributed by atoms with Crippen LogP contribution in [-0.4, -0.2) is 29.9 Å². The Kier molecular flexibility index (Phi) is 2.84. The molecule has 1 aromatic rings. The Hall–Kier alpha value is -0.870. The highest BCUT2D eigenvalue weighted by Gasteiger charge is 2.28. The molecule has 3 nitrogen and oxygen atoms in total. The topological polar surface area (TPSA) is 46.3 Å². The van der Waals surface area contributed by atoms with Gasteiger partial charge >= 0.3 is 0 Å². The smallest absolute Gasteiger partial charge is 0.264 e. The lowest BCUT2D eigenvalue weighted by Crippen LogP contribution is -2.39. The van der Waals surface area contributed by atoms with Crippen LogP contribution in [0.15, 0.2) is 17.5 Å². The van der Waals surface area contributed by atoms with Crippen LogP contribution in [0.1, 0.15) is 22.5 Å². The number of thiophene rings is 1. The lowest BCUT2D eigenvalue weighted by molar-refractivity contribution is 0.0746. The minimum Gasteiger partial charge on any atom is -0.334 e. The Morgan fingerprint density at radius 3 is 3.21 bits per heavy atom. The second kappa shape index (κ2) is 4.11. The molecule has 0 aliphatic carbocycles. The molecule has 1 aliphatic heterocycles. The SMILES string of the molecule is NC[C@H]1CCCN1C(=O)c1cccs1. The van der Waals surface area contributed by atoms with Crippen molar-refractivity contribution in [2.45, 2.75) is 18.9 Å². The minimum absolute atomic E-state index is 0.146. The normalized spacial score (nSPS) is 21.5. The van der Waals surface area contributed by atoms with E-state index in [4.69, 9.17) is 5.73 Å². The summed E-state index contributed by atoms with van der Waals surface area (Å²) in [5.41, 5.74) is 5.62. The van der Waals surface area contributed by atoms with Crippen LogP contribution in [0, 0.1) is 0 Å². The molecule has 1 atom stereocenters. The number of nitrogens with zero attached hydrogens (tertiary/aromatic N) is 1. The van der Waals surface area contributed by atoms with E-state index in [1.54, 1.807) is 0 Å². The van der Waals surface area contributed by atoms with E-state index < -0.39 is 0 Å². The van der Waals surface area contributed by atoms with E-state index in [0.29, 0.717) is 6.54 Å². The van der Waals surface area contributed by atoms with Gasteiger partial charge < -0.3 is 10.6 Å². The number of nitrogens with two attached hydrogens (primary N) is 1. The molecule has 0 unspecified atom stereocenters. The van der Waals surface area contributed by atoms with E-state index in [2.05, 4.69) is 0 Å². The van der Waals surface area contributed by atoms with Crippen molar-refractivity contribution in [3.63, 3.8) is 0 Å². The van der Waals surface area contributed by atoms with E-state index in [1.807, 2.05) is 22.4 Å². The van der Waals surface area contributed by atoms with E-state index in [0.717, 1.165) is 24.3 Å². The lowest BCUT2D eigenvalue weighted by atomic mass is 10.2. The molecule has 1 aliphatic rings. The van der Waals surface area contributed by atoms with Gasteiger partial charge in [0.15, 0.2) is 0 Å². The van der Waals surface area contributed by atoms with E-state index in [-0.39, 0.29) is 11.9 Å². The first-order chi connectivity index (χ1) is 6.83. The Labute approximate surface area is 87.5 Å². The maximum absolute atomic E-state index is 12.0. The molecule has 14 heavy (non-hydrogen) atoms. The Balaban J connectivity index is 2.11. The summed E-state index contributed by atoms with van der Waals surface area (Å²) in [6.07, 6.45) is 2.13. The first-order valence-electron chi connectivity index (χ1n) is 4.87. The first kappa shape index (κ1) is 9.68. The Morgan fingerprint density at radius 2 is 2.57 bits per heavy atom. The molecule has 1 aromatic heterocycles. The molecule has 76 valence electrons. The zero-order valence-corrected chi connectivity index (χ0v) is 8.80. The van der Waals surface area contributed by atoms with Crippen LogP contribution >= 0.6 is 11.3 Å². The minimum atomic E-state index is 0.146. The molecule has 1 saturated heterocycles. The summed E-state index contributed by atoms with van der Waals surface area (Å²) < 4.78 is 0. The standard InChI is InChI=1S/C10H14N2OS/c11-7-8-3-1-5-12(8)10(13)9-4-2-6-14-9/h2,4,6,8H,1,3,5,7,11H2/t8-/m1/s1. The van der Waals surface area contributed by atoms with Crippen LogP contribution < -0.4 is 5.73 Å². The van der Waals surface area contributed by atoms with Gasteiger partial charge in [0.1, 0.15) is 0 Å². The second-order valence-corrected chi connectivity index (χ2v) is 4.46. The van der Waals surface area contributed by atoms with Crippen molar-refractivity contribution in [3.05, 3.63) is 22.4 Å². The molecule has 2 rings (SSSR count). The van der Waals surface area contributed by atoms with Gasteiger partial charge in [-0.05, 0) is 24.3 Å². The van der Waals surface area contributed by atoms with E-state index >= 15 is 0 Å². The van der Waals surface area contributed by atoms with Crippen molar-refractivity contribution >= 4 is 17.2 Å². The van der Waals surface area contributed by atoms with Crippen molar-refractivity contribution in [1.29, 1.82) is 0 Å². The quantitative estimate of drug-likeness (QED) is 0.800. The molecule has 0 radical (unpaired) electrons. The largest absolute Gasteiger partial charge is 0.334 e. The van der Waals surface area contributed by atoms with Crippen LogP contribution in [0.4, 0.5) is 0 Å². The summed E-state index contributed by atoms with van der Waals surface area (Å²) in [7, 11) is 0. The summed E-state index contributed by atoms with van der Waals surface area (Å²) in [5, 5.41) is 1.93. The van der Waals surface area contributed by atoms with Crippen molar-refractivity contribution in [2.24, 2.45) is 5.73 Å². The zero-order valence-electron chi connectivity index (χ0n) is 7.98. The average Bonchev–Trinajstić information content (AvgIpc) is 2.87. The first-order valence-corrected chi connectivity index (χ1v) is 5.75. The van der Waals surface area contributed by atoms with Gasteiger partial charge in [0.05, 0.1) is 4.88 Å². The van der Waals surface area contributed by atoms with Crippen LogP contribution in [0.25, 0.3) is 0 Å². The van der Waals surface area contributed by atoms with Crippen LogP contribution in [0.2, 0.25) is 0 Å². The van der Waals surface area contributed by atoms with Gasteiger partial charge in [-0.1, -0.05) is 6.07 Å². The van der Waals surface area contributed by atoms with Crippen molar-refractivity contribution < 1.29 is 4.79 Å². The Bertz CT molecular complexity index is 310. The van der Waals surface area contributed by atoms with Crippen molar-refractivity contribution in [3.8, 4) is 0 Å². The molecule has 0 aromatic carbocycles. The third-order valence-electron chi connectivity index (χ3n) is 2.64. The number of carbonyl (C=O) groups excluding carboxylic acids is 1. The zero-order chi connectivity index (χ0) is 9.97. The third kappa shape index (κ3) is 1.67. The highest BCUT2D eigenvalue weighted by Crippen LogP contribution is 2.21.